The molecule has 0 amide bonds. The van der Waals surface area contributed by atoms with E-state index in [2.05, 4.69) is 9.88 Å². The molecule has 1 aromatic heterocycles. The number of carbonyl (C=O) groups is 1. The van der Waals surface area contributed by atoms with Crippen LogP contribution in [0.3, 0.4) is 0 Å². The second kappa shape index (κ2) is 4.97. The van der Waals surface area contributed by atoms with Crippen LogP contribution < -0.4 is 0 Å². The summed E-state index contributed by atoms with van der Waals surface area (Å²) in [6.45, 7) is 8.37. The molecule has 1 aliphatic rings. The fraction of sp³-hybridized carbons (Fsp3) is 0.692. The van der Waals surface area contributed by atoms with Gasteiger partial charge >= 0.3 is 5.97 Å². The minimum atomic E-state index is -0.652. The summed E-state index contributed by atoms with van der Waals surface area (Å²) in [5, 5.41) is 9.50. The maximum absolute atomic E-state index is 11.5. The van der Waals surface area contributed by atoms with Gasteiger partial charge in [-0.2, -0.15) is 0 Å². The predicted molar refractivity (Wildman–Crippen MR) is 71.7 cm³/mol. The maximum atomic E-state index is 11.5. The van der Waals surface area contributed by atoms with Crippen LogP contribution in [-0.2, 0) is 11.3 Å². The van der Waals surface area contributed by atoms with Crippen LogP contribution in [0.25, 0.3) is 0 Å². The molecule has 0 radical (unpaired) electrons. The number of carboxylic acids is 1. The van der Waals surface area contributed by atoms with Gasteiger partial charge in [0.05, 0.1) is 16.6 Å². The highest BCUT2D eigenvalue weighted by Crippen LogP contribution is 2.38. The molecule has 2 rings (SSSR count). The van der Waals surface area contributed by atoms with Crippen molar-refractivity contribution in [2.24, 2.45) is 11.3 Å². The van der Waals surface area contributed by atoms with Gasteiger partial charge in [0.15, 0.2) is 0 Å². The smallest absolute Gasteiger partial charge is 0.311 e. The fourth-order valence-corrected chi connectivity index (χ4v) is 3.44. The van der Waals surface area contributed by atoms with E-state index in [0.29, 0.717) is 6.54 Å². The number of nitrogens with zero attached hydrogens (tertiary/aromatic N) is 2. The zero-order valence-corrected chi connectivity index (χ0v) is 12.0. The number of aryl methyl sites for hydroxylation is 1. The Morgan fingerprint density at radius 2 is 2.39 bits per heavy atom. The van der Waals surface area contributed by atoms with Gasteiger partial charge in [0, 0.05) is 18.0 Å². The zero-order chi connectivity index (χ0) is 13.3. The second-order valence-corrected chi connectivity index (χ2v) is 6.38. The van der Waals surface area contributed by atoms with E-state index in [-0.39, 0.29) is 5.92 Å². The number of carboxylic acid groups (broad SMARTS) is 1. The summed E-state index contributed by atoms with van der Waals surface area (Å²) < 4.78 is 0. The number of aromatic nitrogens is 1. The predicted octanol–water partition coefficient (Wildman–Crippen LogP) is 2.38. The highest BCUT2D eigenvalue weighted by atomic mass is 32.1. The van der Waals surface area contributed by atoms with Crippen LogP contribution in [0.5, 0.6) is 0 Å². The van der Waals surface area contributed by atoms with E-state index in [9.17, 15) is 9.90 Å². The molecule has 0 aromatic carbocycles. The lowest BCUT2D eigenvalue weighted by molar-refractivity contribution is -0.151. The average molecular weight is 268 g/mol. The number of rotatable bonds is 4. The van der Waals surface area contributed by atoms with Crippen LogP contribution in [0.2, 0.25) is 0 Å². The molecule has 0 saturated carbocycles. The third-order valence-corrected chi connectivity index (χ3v) is 5.04. The van der Waals surface area contributed by atoms with E-state index < -0.39 is 11.4 Å². The van der Waals surface area contributed by atoms with Gasteiger partial charge in [-0.1, -0.05) is 13.8 Å². The molecule has 1 fully saturated rings. The molecule has 1 unspecified atom stereocenters. The molecule has 4 nitrogen and oxygen atoms in total. The lowest BCUT2D eigenvalue weighted by Gasteiger charge is -2.28. The molecule has 2 heterocycles. The number of aliphatic carboxylic acids is 1. The van der Waals surface area contributed by atoms with Gasteiger partial charge in [-0.3, -0.25) is 9.69 Å². The van der Waals surface area contributed by atoms with Gasteiger partial charge in [-0.15, -0.1) is 11.3 Å². The summed E-state index contributed by atoms with van der Waals surface area (Å²) in [7, 11) is 0. The molecule has 18 heavy (non-hydrogen) atoms. The first-order valence-electron chi connectivity index (χ1n) is 6.30. The van der Waals surface area contributed by atoms with Gasteiger partial charge in [0.2, 0.25) is 0 Å². The third-order valence-electron chi connectivity index (χ3n) is 4.12. The molecule has 100 valence electrons. The molecule has 0 spiro atoms. The van der Waals surface area contributed by atoms with Crippen molar-refractivity contribution in [3.05, 3.63) is 16.1 Å². The van der Waals surface area contributed by atoms with Crippen LogP contribution in [0.15, 0.2) is 5.51 Å². The Hall–Kier alpha value is -0.940. The van der Waals surface area contributed by atoms with E-state index in [4.69, 9.17) is 0 Å². The minimum absolute atomic E-state index is 0.169. The Kier molecular flexibility index (Phi) is 3.73. The summed E-state index contributed by atoms with van der Waals surface area (Å²) in [4.78, 5) is 19.3. The normalized spacial score (nSPS) is 24.9. The largest absolute Gasteiger partial charge is 0.481 e. The summed E-state index contributed by atoms with van der Waals surface area (Å²) in [5.41, 5.74) is 2.35. The SMILES string of the molecule is Cc1ncsc1CN1CCC(C(=O)O)(C(C)C)C1. The lowest BCUT2D eigenvalue weighted by Crippen LogP contribution is -2.39. The van der Waals surface area contributed by atoms with Crippen molar-refractivity contribution >= 4 is 17.3 Å². The second-order valence-electron chi connectivity index (χ2n) is 5.44. The molecule has 5 heteroatoms. The quantitative estimate of drug-likeness (QED) is 0.911. The molecule has 0 bridgehead atoms. The molecule has 1 aromatic rings. The number of hydrogen-bond donors (Lipinski definition) is 1. The van der Waals surface area contributed by atoms with Crippen LogP contribution in [0.1, 0.15) is 30.8 Å². The molecule has 0 aliphatic carbocycles. The Labute approximate surface area is 112 Å². The molecule has 1 N–H and O–H groups in total. The van der Waals surface area contributed by atoms with E-state index in [0.717, 1.165) is 25.2 Å². The van der Waals surface area contributed by atoms with E-state index >= 15 is 0 Å². The van der Waals surface area contributed by atoms with Crippen molar-refractivity contribution in [1.82, 2.24) is 9.88 Å². The Morgan fingerprint density at radius 1 is 1.67 bits per heavy atom. The number of likely N-dealkylation sites (tertiary alicyclic amines) is 1. The molecule has 1 atom stereocenters. The van der Waals surface area contributed by atoms with Crippen LogP contribution >= 0.6 is 11.3 Å². The monoisotopic (exact) mass is 268 g/mol. The van der Waals surface area contributed by atoms with Crippen molar-refractivity contribution < 1.29 is 9.90 Å². The summed E-state index contributed by atoms with van der Waals surface area (Å²) in [6, 6.07) is 0. The minimum Gasteiger partial charge on any atom is -0.481 e. The first-order valence-corrected chi connectivity index (χ1v) is 7.18. The van der Waals surface area contributed by atoms with Crippen molar-refractivity contribution in [3.8, 4) is 0 Å². The van der Waals surface area contributed by atoms with Crippen LogP contribution in [0.4, 0.5) is 0 Å². The number of hydrogen-bond acceptors (Lipinski definition) is 4. The third kappa shape index (κ3) is 2.29. The number of thiazole rings is 1. The zero-order valence-electron chi connectivity index (χ0n) is 11.1. The standard InChI is InChI=1S/C13H20N2O2S/c1-9(2)13(12(16)17)4-5-15(7-13)6-11-10(3)14-8-18-11/h8-9H,4-7H2,1-3H3,(H,16,17). The van der Waals surface area contributed by atoms with Crippen molar-refractivity contribution in [2.45, 2.75) is 33.7 Å². The van der Waals surface area contributed by atoms with Gasteiger partial charge in [-0.25, -0.2) is 4.98 Å². The summed E-state index contributed by atoms with van der Waals surface area (Å²) in [5.74, 6) is -0.483. The first kappa shape index (κ1) is 13.5. The Bertz CT molecular complexity index is 444. The van der Waals surface area contributed by atoms with Gasteiger partial charge in [-0.05, 0) is 25.8 Å². The average Bonchev–Trinajstić information content (AvgIpc) is 2.88. The van der Waals surface area contributed by atoms with E-state index in [1.165, 1.54) is 4.88 Å². The van der Waals surface area contributed by atoms with E-state index in [1.807, 2.05) is 26.3 Å². The van der Waals surface area contributed by atoms with Crippen molar-refractivity contribution in [2.75, 3.05) is 13.1 Å². The van der Waals surface area contributed by atoms with Crippen LogP contribution in [0, 0.1) is 18.3 Å². The lowest BCUT2D eigenvalue weighted by atomic mass is 9.76. The highest BCUT2D eigenvalue weighted by molar-refractivity contribution is 7.09. The van der Waals surface area contributed by atoms with E-state index in [1.54, 1.807) is 11.3 Å². The Morgan fingerprint density at radius 3 is 2.83 bits per heavy atom. The topological polar surface area (TPSA) is 53.4 Å². The molecule has 1 saturated heterocycles. The van der Waals surface area contributed by atoms with Crippen molar-refractivity contribution in [1.29, 1.82) is 0 Å². The maximum Gasteiger partial charge on any atom is 0.311 e. The van der Waals surface area contributed by atoms with Crippen molar-refractivity contribution in [3.63, 3.8) is 0 Å². The van der Waals surface area contributed by atoms with Gasteiger partial charge in [0.1, 0.15) is 0 Å². The highest BCUT2D eigenvalue weighted by Gasteiger charge is 2.47. The fourth-order valence-electron chi connectivity index (χ4n) is 2.62. The van der Waals surface area contributed by atoms with Gasteiger partial charge < -0.3 is 5.11 Å². The summed E-state index contributed by atoms with van der Waals surface area (Å²) in [6.07, 6.45) is 0.748. The van der Waals surface area contributed by atoms with Gasteiger partial charge in [0.25, 0.3) is 0 Å². The Balaban J connectivity index is 2.08. The molecule has 1 aliphatic heterocycles. The van der Waals surface area contributed by atoms with Crippen LogP contribution in [-0.4, -0.2) is 34.0 Å². The first-order chi connectivity index (χ1) is 8.45. The molecular formula is C13H20N2O2S. The molecular weight excluding hydrogens is 248 g/mol. The summed E-state index contributed by atoms with van der Waals surface area (Å²) >= 11 is 1.65.